The highest BCUT2D eigenvalue weighted by Gasteiger charge is 2.14. The summed E-state index contributed by atoms with van der Waals surface area (Å²) in [7, 11) is 2.04. The van der Waals surface area contributed by atoms with Crippen LogP contribution in [-0.2, 0) is 13.1 Å². The minimum Gasteiger partial charge on any atom is -0.375 e. The normalized spacial score (nSPS) is 10.8. The molecular weight excluding hydrogens is 297 g/mol. The molecule has 0 aliphatic carbocycles. The molecule has 0 heterocycles. The Labute approximate surface area is 134 Å². The van der Waals surface area contributed by atoms with Crippen molar-refractivity contribution < 1.29 is 9.31 Å². The van der Waals surface area contributed by atoms with E-state index in [0.717, 1.165) is 30.8 Å². The molecule has 122 valence electrons. The van der Waals surface area contributed by atoms with Crippen LogP contribution in [0.15, 0.2) is 42.5 Å². The van der Waals surface area contributed by atoms with E-state index in [1.165, 1.54) is 11.6 Å². The number of nitrogens with zero attached hydrogens (tertiary/aromatic N) is 2. The van der Waals surface area contributed by atoms with E-state index < -0.39 is 10.7 Å². The van der Waals surface area contributed by atoms with Crippen molar-refractivity contribution in [1.82, 2.24) is 4.90 Å². The molecule has 0 spiro atoms. The van der Waals surface area contributed by atoms with Crippen molar-refractivity contribution >= 4 is 11.4 Å². The molecule has 0 fully saturated rings. The Hall–Kier alpha value is -2.47. The summed E-state index contributed by atoms with van der Waals surface area (Å²) in [5, 5.41) is 13.9. The van der Waals surface area contributed by atoms with Crippen molar-refractivity contribution in [2.24, 2.45) is 0 Å². The highest BCUT2D eigenvalue weighted by molar-refractivity contribution is 5.61. The second-order valence-electron chi connectivity index (χ2n) is 5.42. The van der Waals surface area contributed by atoms with Gasteiger partial charge in [-0.05, 0) is 30.8 Å². The fraction of sp³-hybridized carbons (Fsp3) is 0.294. The highest BCUT2D eigenvalue weighted by Crippen LogP contribution is 2.25. The summed E-state index contributed by atoms with van der Waals surface area (Å²) in [4.78, 5) is 12.7. The van der Waals surface area contributed by atoms with Crippen LogP contribution in [0, 0.1) is 15.9 Å². The molecule has 2 rings (SSSR count). The zero-order chi connectivity index (χ0) is 16.8. The van der Waals surface area contributed by atoms with E-state index in [1.807, 2.05) is 31.3 Å². The van der Waals surface area contributed by atoms with Gasteiger partial charge < -0.3 is 10.2 Å². The average molecular weight is 317 g/mol. The second-order valence-corrected chi connectivity index (χ2v) is 5.42. The largest absolute Gasteiger partial charge is 0.375 e. The van der Waals surface area contributed by atoms with Crippen LogP contribution >= 0.6 is 0 Å². The third-order valence-electron chi connectivity index (χ3n) is 3.62. The number of halogens is 1. The summed E-state index contributed by atoms with van der Waals surface area (Å²) in [5.74, 6) is -0.503. The standard InChI is InChI=1S/C17H20FN3O2/c1-3-20(2)12-14-6-4-5-13(9-14)11-19-16-10-15(18)7-8-17(16)21(22)23/h4-10,19H,3,11-12H2,1-2H3. The summed E-state index contributed by atoms with van der Waals surface area (Å²) < 4.78 is 13.3. The molecule has 5 nitrogen and oxygen atoms in total. The van der Waals surface area contributed by atoms with Gasteiger partial charge in [-0.2, -0.15) is 0 Å². The van der Waals surface area contributed by atoms with Gasteiger partial charge >= 0.3 is 0 Å². The summed E-state index contributed by atoms with van der Waals surface area (Å²) in [6, 6.07) is 11.4. The Bertz CT molecular complexity index is 691. The Morgan fingerprint density at radius 3 is 2.65 bits per heavy atom. The van der Waals surface area contributed by atoms with Gasteiger partial charge in [0.1, 0.15) is 11.5 Å². The molecule has 0 atom stereocenters. The number of hydrogen-bond acceptors (Lipinski definition) is 4. The fourth-order valence-corrected chi connectivity index (χ4v) is 2.27. The first-order valence-corrected chi connectivity index (χ1v) is 7.43. The first-order chi connectivity index (χ1) is 11.0. The van der Waals surface area contributed by atoms with E-state index in [4.69, 9.17) is 0 Å². The molecule has 0 amide bonds. The van der Waals surface area contributed by atoms with Crippen LogP contribution < -0.4 is 5.32 Å². The van der Waals surface area contributed by atoms with Crippen molar-refractivity contribution in [3.63, 3.8) is 0 Å². The lowest BCUT2D eigenvalue weighted by Crippen LogP contribution is -2.16. The number of nitro benzene ring substituents is 1. The molecule has 2 aromatic rings. The Morgan fingerprint density at radius 1 is 1.22 bits per heavy atom. The van der Waals surface area contributed by atoms with Gasteiger partial charge in [0.25, 0.3) is 5.69 Å². The number of nitrogens with one attached hydrogen (secondary N) is 1. The number of benzene rings is 2. The molecule has 0 bridgehead atoms. The minimum atomic E-state index is -0.519. The summed E-state index contributed by atoms with van der Waals surface area (Å²) >= 11 is 0. The maximum Gasteiger partial charge on any atom is 0.292 e. The van der Waals surface area contributed by atoms with Crippen LogP contribution in [0.25, 0.3) is 0 Å². The van der Waals surface area contributed by atoms with E-state index in [9.17, 15) is 14.5 Å². The van der Waals surface area contributed by atoms with Gasteiger partial charge in [-0.25, -0.2) is 4.39 Å². The predicted octanol–water partition coefficient (Wildman–Crippen LogP) is 3.80. The first-order valence-electron chi connectivity index (χ1n) is 7.43. The van der Waals surface area contributed by atoms with Crippen molar-refractivity contribution in [1.29, 1.82) is 0 Å². The van der Waals surface area contributed by atoms with E-state index in [-0.39, 0.29) is 11.4 Å². The molecule has 1 N–H and O–H groups in total. The highest BCUT2D eigenvalue weighted by atomic mass is 19.1. The lowest BCUT2D eigenvalue weighted by molar-refractivity contribution is -0.384. The SMILES string of the molecule is CCN(C)Cc1cccc(CNc2cc(F)ccc2[N+](=O)[O-])c1. The van der Waals surface area contributed by atoms with Gasteiger partial charge in [-0.1, -0.05) is 31.2 Å². The predicted molar refractivity (Wildman–Crippen MR) is 88.8 cm³/mol. The van der Waals surface area contributed by atoms with Crippen LogP contribution in [0.4, 0.5) is 15.8 Å². The summed E-state index contributed by atoms with van der Waals surface area (Å²) in [6.45, 7) is 4.28. The van der Waals surface area contributed by atoms with Crippen molar-refractivity contribution in [2.75, 3.05) is 18.9 Å². The molecule has 0 saturated heterocycles. The molecule has 0 aromatic heterocycles. The molecule has 23 heavy (non-hydrogen) atoms. The van der Waals surface area contributed by atoms with Gasteiger partial charge in [-0.3, -0.25) is 10.1 Å². The molecule has 0 aliphatic rings. The van der Waals surface area contributed by atoms with E-state index in [0.29, 0.717) is 6.54 Å². The number of anilines is 1. The quantitative estimate of drug-likeness (QED) is 0.623. The van der Waals surface area contributed by atoms with Crippen LogP contribution in [0.2, 0.25) is 0 Å². The number of nitro groups is 1. The lowest BCUT2D eigenvalue weighted by atomic mass is 10.1. The first kappa shape index (κ1) is 16.9. The van der Waals surface area contributed by atoms with Crippen molar-refractivity contribution in [3.05, 3.63) is 69.5 Å². The topological polar surface area (TPSA) is 58.4 Å². The van der Waals surface area contributed by atoms with Crippen LogP contribution in [0.5, 0.6) is 0 Å². The third kappa shape index (κ3) is 4.75. The lowest BCUT2D eigenvalue weighted by Gasteiger charge is -2.14. The zero-order valence-electron chi connectivity index (χ0n) is 13.3. The zero-order valence-corrected chi connectivity index (χ0v) is 13.3. The number of hydrogen-bond donors (Lipinski definition) is 1. The third-order valence-corrected chi connectivity index (χ3v) is 3.62. The maximum atomic E-state index is 13.3. The van der Waals surface area contributed by atoms with Gasteiger partial charge in [0.15, 0.2) is 0 Å². The van der Waals surface area contributed by atoms with Crippen molar-refractivity contribution in [2.45, 2.75) is 20.0 Å². The maximum absolute atomic E-state index is 13.3. The monoisotopic (exact) mass is 317 g/mol. The molecule has 0 radical (unpaired) electrons. The molecule has 0 aliphatic heterocycles. The van der Waals surface area contributed by atoms with Gasteiger partial charge in [0.05, 0.1) is 4.92 Å². The minimum absolute atomic E-state index is 0.131. The van der Waals surface area contributed by atoms with Gasteiger partial charge in [-0.15, -0.1) is 0 Å². The van der Waals surface area contributed by atoms with Gasteiger partial charge in [0.2, 0.25) is 0 Å². The van der Waals surface area contributed by atoms with Crippen LogP contribution in [0.3, 0.4) is 0 Å². The van der Waals surface area contributed by atoms with Crippen LogP contribution in [-0.4, -0.2) is 23.4 Å². The summed E-state index contributed by atoms with van der Waals surface area (Å²) in [5.41, 5.74) is 2.22. The van der Waals surface area contributed by atoms with E-state index >= 15 is 0 Å². The van der Waals surface area contributed by atoms with E-state index in [1.54, 1.807) is 0 Å². The Morgan fingerprint density at radius 2 is 1.96 bits per heavy atom. The van der Waals surface area contributed by atoms with Gasteiger partial charge in [0, 0.05) is 25.2 Å². The smallest absolute Gasteiger partial charge is 0.292 e. The van der Waals surface area contributed by atoms with Crippen LogP contribution in [0.1, 0.15) is 18.1 Å². The molecular formula is C17H20FN3O2. The summed E-state index contributed by atoms with van der Waals surface area (Å²) in [6.07, 6.45) is 0. The molecule has 6 heteroatoms. The Balaban J connectivity index is 2.11. The Kier molecular flexibility index (Phi) is 5.65. The molecule has 0 saturated carbocycles. The average Bonchev–Trinajstić information content (AvgIpc) is 2.53. The van der Waals surface area contributed by atoms with E-state index in [2.05, 4.69) is 17.1 Å². The second kappa shape index (κ2) is 7.69. The molecule has 0 unspecified atom stereocenters. The number of rotatable bonds is 7. The van der Waals surface area contributed by atoms with Crippen molar-refractivity contribution in [3.8, 4) is 0 Å². The fourth-order valence-electron chi connectivity index (χ4n) is 2.27. The molecule has 2 aromatic carbocycles.